The van der Waals surface area contributed by atoms with Crippen molar-refractivity contribution in [1.29, 1.82) is 0 Å². The molecule has 3 aromatic rings. The Hall–Kier alpha value is -2.78. The van der Waals surface area contributed by atoms with Gasteiger partial charge < -0.3 is 5.32 Å². The van der Waals surface area contributed by atoms with Crippen LogP contribution in [0.25, 0.3) is 0 Å². The first-order valence-corrected chi connectivity index (χ1v) is 11.5. The van der Waals surface area contributed by atoms with Crippen molar-refractivity contribution in [1.82, 2.24) is 24.5 Å². The quantitative estimate of drug-likeness (QED) is 0.648. The first kappa shape index (κ1) is 20.5. The predicted octanol–water partition coefficient (Wildman–Crippen LogP) is 3.44. The smallest absolute Gasteiger partial charge is 0.246 e. The van der Waals surface area contributed by atoms with Crippen LogP contribution < -0.4 is 5.32 Å². The maximum absolute atomic E-state index is 13.2. The number of anilines is 2. The zero-order chi connectivity index (χ0) is 21.3. The molecule has 1 unspecified atom stereocenters. The van der Waals surface area contributed by atoms with Crippen LogP contribution in [0, 0.1) is 20.8 Å². The topological polar surface area (TPSA) is 104 Å². The lowest BCUT2D eigenvalue weighted by Gasteiger charge is -2.31. The van der Waals surface area contributed by atoms with E-state index in [-0.39, 0.29) is 5.92 Å². The summed E-state index contributed by atoms with van der Waals surface area (Å²) in [6, 6.07) is 7.83. The number of H-pyrrole nitrogens is 1. The van der Waals surface area contributed by atoms with Gasteiger partial charge in [0.2, 0.25) is 10.0 Å². The summed E-state index contributed by atoms with van der Waals surface area (Å²) in [5, 5.41) is 10.1. The third kappa shape index (κ3) is 3.95. The van der Waals surface area contributed by atoms with Crippen LogP contribution in [0.5, 0.6) is 0 Å². The van der Waals surface area contributed by atoms with Crippen LogP contribution in [0.2, 0.25) is 0 Å². The molecule has 1 saturated heterocycles. The number of pyridine rings is 2. The van der Waals surface area contributed by atoms with Gasteiger partial charge in [-0.1, -0.05) is 6.07 Å². The van der Waals surface area contributed by atoms with Gasteiger partial charge in [-0.2, -0.15) is 9.40 Å². The standard InChI is InChI=1S/C21H26N6O2S/c1-14-6-4-10-22-21(14)24-18-8-9-19(23-12-18)17-7-5-11-27(13-17)30(28,29)20-15(2)25-26-16(20)3/h4,6,8-10,12,17H,5,7,11,13H2,1-3H3,(H,22,24)(H,25,26). The average Bonchev–Trinajstić information content (AvgIpc) is 3.09. The predicted molar refractivity (Wildman–Crippen MR) is 115 cm³/mol. The van der Waals surface area contributed by atoms with E-state index in [9.17, 15) is 8.42 Å². The van der Waals surface area contributed by atoms with E-state index in [4.69, 9.17) is 0 Å². The maximum Gasteiger partial charge on any atom is 0.246 e. The van der Waals surface area contributed by atoms with E-state index in [0.29, 0.717) is 29.4 Å². The number of hydrogen-bond acceptors (Lipinski definition) is 6. The second-order valence-electron chi connectivity index (χ2n) is 7.73. The van der Waals surface area contributed by atoms with Crippen molar-refractivity contribution < 1.29 is 8.42 Å². The molecular weight excluding hydrogens is 400 g/mol. The summed E-state index contributed by atoms with van der Waals surface area (Å²) in [7, 11) is -3.58. The Kier molecular flexibility index (Phi) is 5.57. The Morgan fingerprint density at radius 3 is 2.67 bits per heavy atom. The number of piperidine rings is 1. The van der Waals surface area contributed by atoms with Crippen LogP contribution in [0.4, 0.5) is 11.5 Å². The van der Waals surface area contributed by atoms with E-state index in [1.807, 2.05) is 31.2 Å². The monoisotopic (exact) mass is 426 g/mol. The molecule has 158 valence electrons. The summed E-state index contributed by atoms with van der Waals surface area (Å²) in [5.41, 5.74) is 3.89. The third-order valence-electron chi connectivity index (χ3n) is 5.52. The van der Waals surface area contributed by atoms with Gasteiger partial charge in [0.05, 0.1) is 23.3 Å². The van der Waals surface area contributed by atoms with E-state index >= 15 is 0 Å². The Balaban J connectivity index is 1.50. The minimum absolute atomic E-state index is 0.0617. The van der Waals surface area contributed by atoms with Crippen LogP contribution in [0.15, 0.2) is 41.6 Å². The minimum atomic E-state index is -3.58. The Labute approximate surface area is 176 Å². The van der Waals surface area contributed by atoms with E-state index in [1.165, 1.54) is 0 Å². The molecule has 9 heteroatoms. The number of rotatable bonds is 5. The summed E-state index contributed by atoms with van der Waals surface area (Å²) < 4.78 is 27.9. The van der Waals surface area contributed by atoms with Gasteiger partial charge in [0.25, 0.3) is 0 Å². The van der Waals surface area contributed by atoms with Gasteiger partial charge in [-0.3, -0.25) is 10.1 Å². The molecule has 2 N–H and O–H groups in total. The zero-order valence-electron chi connectivity index (χ0n) is 17.4. The molecule has 3 aromatic heterocycles. The van der Waals surface area contributed by atoms with Crippen molar-refractivity contribution in [3.05, 3.63) is 59.3 Å². The van der Waals surface area contributed by atoms with Gasteiger partial charge in [0.1, 0.15) is 10.7 Å². The number of nitrogens with zero attached hydrogens (tertiary/aromatic N) is 4. The Morgan fingerprint density at radius 1 is 1.17 bits per heavy atom. The lowest BCUT2D eigenvalue weighted by atomic mass is 9.95. The third-order valence-corrected chi connectivity index (χ3v) is 7.65. The number of hydrogen-bond donors (Lipinski definition) is 2. The SMILES string of the molecule is Cc1cccnc1Nc1ccc(C2CCCN(S(=O)(=O)c3c(C)n[nH]c3C)C2)nc1. The molecule has 4 heterocycles. The lowest BCUT2D eigenvalue weighted by Crippen LogP contribution is -2.39. The molecule has 0 spiro atoms. The lowest BCUT2D eigenvalue weighted by molar-refractivity contribution is 0.312. The molecule has 0 radical (unpaired) electrons. The van der Waals surface area contributed by atoms with Crippen molar-refractivity contribution >= 4 is 21.5 Å². The second kappa shape index (κ2) is 8.16. The summed E-state index contributed by atoms with van der Waals surface area (Å²) in [6.07, 6.45) is 5.24. The highest BCUT2D eigenvalue weighted by Gasteiger charge is 2.34. The summed E-state index contributed by atoms with van der Waals surface area (Å²) in [5.74, 6) is 0.861. The summed E-state index contributed by atoms with van der Waals surface area (Å²) in [6.45, 7) is 6.39. The minimum Gasteiger partial charge on any atom is -0.339 e. The van der Waals surface area contributed by atoms with Gasteiger partial charge in [-0.25, -0.2) is 13.4 Å². The molecule has 4 rings (SSSR count). The van der Waals surface area contributed by atoms with Crippen LogP contribution in [0.3, 0.4) is 0 Å². The first-order valence-electron chi connectivity index (χ1n) is 10.0. The molecule has 1 fully saturated rings. The van der Waals surface area contributed by atoms with Crippen molar-refractivity contribution in [2.24, 2.45) is 0 Å². The van der Waals surface area contributed by atoms with Crippen LogP contribution in [0.1, 0.15) is 41.4 Å². The van der Waals surface area contributed by atoms with E-state index in [1.54, 1.807) is 30.5 Å². The first-order chi connectivity index (χ1) is 14.4. The highest BCUT2D eigenvalue weighted by Crippen LogP contribution is 2.31. The van der Waals surface area contributed by atoms with Crippen molar-refractivity contribution in [2.45, 2.75) is 44.4 Å². The van der Waals surface area contributed by atoms with E-state index in [2.05, 4.69) is 25.5 Å². The largest absolute Gasteiger partial charge is 0.339 e. The van der Waals surface area contributed by atoms with Crippen molar-refractivity contribution in [2.75, 3.05) is 18.4 Å². The zero-order valence-corrected chi connectivity index (χ0v) is 18.2. The maximum atomic E-state index is 13.2. The number of nitrogens with one attached hydrogen (secondary N) is 2. The molecular formula is C21H26N6O2S. The van der Waals surface area contributed by atoms with Gasteiger partial charge in [-0.15, -0.1) is 0 Å². The molecule has 8 nitrogen and oxygen atoms in total. The van der Waals surface area contributed by atoms with Crippen molar-refractivity contribution in [3.63, 3.8) is 0 Å². The fourth-order valence-corrected chi connectivity index (χ4v) is 5.78. The van der Waals surface area contributed by atoms with E-state index in [0.717, 1.165) is 35.6 Å². The molecule has 1 aliphatic heterocycles. The van der Waals surface area contributed by atoms with Crippen molar-refractivity contribution in [3.8, 4) is 0 Å². The number of aryl methyl sites for hydroxylation is 3. The van der Waals surface area contributed by atoms with Crippen LogP contribution in [-0.2, 0) is 10.0 Å². The molecule has 0 amide bonds. The molecule has 1 aliphatic rings. The van der Waals surface area contributed by atoms with Gasteiger partial charge >= 0.3 is 0 Å². The molecule has 0 saturated carbocycles. The van der Waals surface area contributed by atoms with Gasteiger partial charge in [0, 0.05) is 30.9 Å². The normalized spacial score (nSPS) is 17.8. The second-order valence-corrected chi connectivity index (χ2v) is 9.61. The van der Waals surface area contributed by atoms with Crippen LogP contribution >= 0.6 is 0 Å². The fraction of sp³-hybridized carbons (Fsp3) is 0.381. The molecule has 0 aromatic carbocycles. The van der Waals surface area contributed by atoms with Gasteiger partial charge in [-0.05, 0) is 57.4 Å². The average molecular weight is 427 g/mol. The number of aromatic nitrogens is 4. The highest BCUT2D eigenvalue weighted by atomic mass is 32.2. The van der Waals surface area contributed by atoms with Gasteiger partial charge in [0.15, 0.2) is 0 Å². The van der Waals surface area contributed by atoms with E-state index < -0.39 is 10.0 Å². The van der Waals surface area contributed by atoms with Crippen LogP contribution in [-0.4, -0.2) is 46.0 Å². The highest BCUT2D eigenvalue weighted by molar-refractivity contribution is 7.89. The summed E-state index contributed by atoms with van der Waals surface area (Å²) in [4.78, 5) is 9.25. The molecule has 1 atom stereocenters. The Bertz CT molecular complexity index is 1120. The Morgan fingerprint density at radius 2 is 2.00 bits per heavy atom. The molecule has 0 aliphatic carbocycles. The number of sulfonamides is 1. The summed E-state index contributed by atoms with van der Waals surface area (Å²) >= 11 is 0. The molecule has 0 bridgehead atoms. The number of aromatic amines is 1. The fourth-order valence-electron chi connectivity index (χ4n) is 3.93. The molecule has 30 heavy (non-hydrogen) atoms.